The first-order valence-electron chi connectivity index (χ1n) is 5.40. The highest BCUT2D eigenvalue weighted by molar-refractivity contribution is 7.99. The Morgan fingerprint density at radius 3 is 2.75 bits per heavy atom. The Morgan fingerprint density at radius 2 is 2.19 bits per heavy atom. The molecule has 5 heteroatoms. The minimum absolute atomic E-state index is 0.102. The van der Waals surface area contributed by atoms with E-state index in [0.717, 1.165) is 5.03 Å². The quantitative estimate of drug-likeness (QED) is 0.366. The standard InChI is InChI=1S/C11H15N3OS/c12-11(14-15)8-5-6-10(13-7-8)16-9-3-1-2-4-9/h5-7,9,15H,1-4H2,(H2,12,14). The van der Waals surface area contributed by atoms with Gasteiger partial charge in [0.1, 0.15) is 0 Å². The predicted octanol–water partition coefficient (Wildman–Crippen LogP) is 2.21. The number of rotatable bonds is 3. The zero-order valence-corrected chi connectivity index (χ0v) is 9.78. The number of hydrogen-bond donors (Lipinski definition) is 2. The third kappa shape index (κ3) is 2.66. The van der Waals surface area contributed by atoms with Crippen LogP contribution in [0.25, 0.3) is 0 Å². The van der Waals surface area contributed by atoms with Crippen LogP contribution in [0.4, 0.5) is 0 Å². The number of nitrogens with two attached hydrogens (primary N) is 1. The molecule has 0 aromatic carbocycles. The van der Waals surface area contributed by atoms with E-state index in [1.807, 2.05) is 23.9 Å². The van der Waals surface area contributed by atoms with Crippen molar-refractivity contribution in [1.82, 2.24) is 4.98 Å². The summed E-state index contributed by atoms with van der Waals surface area (Å²) in [6, 6.07) is 3.76. The van der Waals surface area contributed by atoms with Gasteiger partial charge in [0.2, 0.25) is 0 Å². The number of thioether (sulfide) groups is 1. The largest absolute Gasteiger partial charge is 0.409 e. The van der Waals surface area contributed by atoms with E-state index in [4.69, 9.17) is 10.9 Å². The molecule has 86 valence electrons. The van der Waals surface area contributed by atoms with Gasteiger partial charge in [-0.15, -0.1) is 11.8 Å². The van der Waals surface area contributed by atoms with Crippen molar-refractivity contribution in [2.75, 3.05) is 0 Å². The SMILES string of the molecule is NC(=NO)c1ccc(SC2CCCC2)nc1. The van der Waals surface area contributed by atoms with E-state index in [-0.39, 0.29) is 5.84 Å². The summed E-state index contributed by atoms with van der Waals surface area (Å²) in [5.41, 5.74) is 6.11. The molecule has 0 amide bonds. The molecule has 2 rings (SSSR count). The highest BCUT2D eigenvalue weighted by Gasteiger charge is 2.16. The lowest BCUT2D eigenvalue weighted by molar-refractivity contribution is 0.318. The third-order valence-electron chi connectivity index (χ3n) is 2.73. The Morgan fingerprint density at radius 1 is 1.44 bits per heavy atom. The molecule has 0 radical (unpaired) electrons. The molecular formula is C11H15N3OS. The van der Waals surface area contributed by atoms with Crippen molar-refractivity contribution in [2.24, 2.45) is 10.9 Å². The first-order chi connectivity index (χ1) is 7.79. The van der Waals surface area contributed by atoms with Crippen molar-refractivity contribution in [1.29, 1.82) is 0 Å². The Hall–Kier alpha value is -1.23. The summed E-state index contributed by atoms with van der Waals surface area (Å²) < 4.78 is 0. The third-order valence-corrected chi connectivity index (χ3v) is 4.02. The van der Waals surface area contributed by atoms with Gasteiger partial charge in [-0.2, -0.15) is 0 Å². The molecule has 1 aromatic heterocycles. The molecule has 0 bridgehead atoms. The van der Waals surface area contributed by atoms with Gasteiger partial charge in [-0.3, -0.25) is 0 Å². The van der Waals surface area contributed by atoms with Crippen LogP contribution < -0.4 is 5.73 Å². The van der Waals surface area contributed by atoms with Crippen LogP contribution in [0.1, 0.15) is 31.2 Å². The molecule has 1 aliphatic rings. The van der Waals surface area contributed by atoms with Gasteiger partial charge < -0.3 is 10.9 Å². The van der Waals surface area contributed by atoms with Gasteiger partial charge in [0.25, 0.3) is 0 Å². The second kappa shape index (κ2) is 5.21. The van der Waals surface area contributed by atoms with Crippen molar-refractivity contribution in [3.8, 4) is 0 Å². The number of aromatic nitrogens is 1. The summed E-state index contributed by atoms with van der Waals surface area (Å²) in [4.78, 5) is 4.30. The van der Waals surface area contributed by atoms with E-state index in [2.05, 4.69) is 10.1 Å². The molecule has 4 nitrogen and oxygen atoms in total. The minimum Gasteiger partial charge on any atom is -0.409 e. The fraction of sp³-hybridized carbons (Fsp3) is 0.455. The smallest absolute Gasteiger partial charge is 0.171 e. The molecule has 1 saturated carbocycles. The zero-order valence-electron chi connectivity index (χ0n) is 8.97. The monoisotopic (exact) mass is 237 g/mol. The van der Waals surface area contributed by atoms with Gasteiger partial charge in [-0.05, 0) is 25.0 Å². The first kappa shape index (κ1) is 11.3. The van der Waals surface area contributed by atoms with Crippen molar-refractivity contribution in [3.63, 3.8) is 0 Å². The number of nitrogens with zero attached hydrogens (tertiary/aromatic N) is 2. The Balaban J connectivity index is 2.01. The van der Waals surface area contributed by atoms with Crippen molar-refractivity contribution < 1.29 is 5.21 Å². The zero-order chi connectivity index (χ0) is 11.4. The minimum atomic E-state index is 0.102. The van der Waals surface area contributed by atoms with Gasteiger partial charge in [-0.25, -0.2) is 4.98 Å². The lowest BCUT2D eigenvalue weighted by Crippen LogP contribution is -2.13. The van der Waals surface area contributed by atoms with E-state index in [0.29, 0.717) is 10.8 Å². The maximum absolute atomic E-state index is 8.52. The highest BCUT2D eigenvalue weighted by atomic mass is 32.2. The second-order valence-corrected chi connectivity index (χ2v) is 5.22. The number of pyridine rings is 1. The van der Waals surface area contributed by atoms with Crippen LogP contribution in [-0.4, -0.2) is 21.3 Å². The summed E-state index contributed by atoms with van der Waals surface area (Å²) in [6.45, 7) is 0. The van der Waals surface area contributed by atoms with E-state index in [1.165, 1.54) is 25.7 Å². The summed E-state index contributed by atoms with van der Waals surface area (Å²) in [5, 5.41) is 13.2. The van der Waals surface area contributed by atoms with Gasteiger partial charge in [0.15, 0.2) is 5.84 Å². The summed E-state index contributed by atoms with van der Waals surface area (Å²) in [5.74, 6) is 0.102. The van der Waals surface area contributed by atoms with Gasteiger partial charge in [0, 0.05) is 17.0 Å². The van der Waals surface area contributed by atoms with Crippen LogP contribution >= 0.6 is 11.8 Å². The molecule has 0 spiro atoms. The molecule has 16 heavy (non-hydrogen) atoms. The molecule has 3 N–H and O–H groups in total. The van der Waals surface area contributed by atoms with Crippen LogP contribution in [0.2, 0.25) is 0 Å². The molecule has 0 atom stereocenters. The molecule has 0 saturated heterocycles. The van der Waals surface area contributed by atoms with E-state index in [9.17, 15) is 0 Å². The second-order valence-electron chi connectivity index (χ2n) is 3.89. The lowest BCUT2D eigenvalue weighted by Gasteiger charge is -2.07. The maximum Gasteiger partial charge on any atom is 0.171 e. The molecule has 1 heterocycles. The average Bonchev–Trinajstić information content (AvgIpc) is 2.82. The molecule has 0 unspecified atom stereocenters. The van der Waals surface area contributed by atoms with E-state index >= 15 is 0 Å². The summed E-state index contributed by atoms with van der Waals surface area (Å²) >= 11 is 1.82. The lowest BCUT2D eigenvalue weighted by atomic mass is 10.3. The molecule has 0 aliphatic heterocycles. The predicted molar refractivity (Wildman–Crippen MR) is 64.9 cm³/mol. The van der Waals surface area contributed by atoms with Crippen molar-refractivity contribution in [2.45, 2.75) is 36.0 Å². The number of amidine groups is 1. The van der Waals surface area contributed by atoms with Crippen LogP contribution in [0, 0.1) is 0 Å². The normalized spacial score (nSPS) is 17.9. The van der Waals surface area contributed by atoms with Gasteiger partial charge in [-0.1, -0.05) is 18.0 Å². The van der Waals surface area contributed by atoms with Gasteiger partial charge in [0.05, 0.1) is 5.03 Å². The molecular weight excluding hydrogens is 222 g/mol. The average molecular weight is 237 g/mol. The van der Waals surface area contributed by atoms with Crippen LogP contribution in [0.3, 0.4) is 0 Å². The fourth-order valence-corrected chi connectivity index (χ4v) is 3.01. The van der Waals surface area contributed by atoms with Crippen LogP contribution in [0.15, 0.2) is 28.5 Å². The molecule has 1 aromatic rings. The van der Waals surface area contributed by atoms with Crippen LogP contribution in [-0.2, 0) is 0 Å². The fourth-order valence-electron chi connectivity index (χ4n) is 1.84. The Kier molecular flexibility index (Phi) is 3.66. The number of oxime groups is 1. The van der Waals surface area contributed by atoms with E-state index in [1.54, 1.807) is 6.20 Å². The Labute approximate surface area is 98.9 Å². The van der Waals surface area contributed by atoms with Gasteiger partial charge >= 0.3 is 0 Å². The maximum atomic E-state index is 8.52. The van der Waals surface area contributed by atoms with Crippen LogP contribution in [0.5, 0.6) is 0 Å². The molecule has 1 fully saturated rings. The Bertz CT molecular complexity index is 371. The van der Waals surface area contributed by atoms with E-state index < -0.39 is 0 Å². The highest BCUT2D eigenvalue weighted by Crippen LogP contribution is 2.33. The summed E-state index contributed by atoms with van der Waals surface area (Å²) in [7, 11) is 0. The van der Waals surface area contributed by atoms with Crippen molar-refractivity contribution in [3.05, 3.63) is 23.9 Å². The number of hydrogen-bond acceptors (Lipinski definition) is 4. The molecule has 1 aliphatic carbocycles. The summed E-state index contributed by atoms with van der Waals surface area (Å²) in [6.07, 6.45) is 6.88. The topological polar surface area (TPSA) is 71.5 Å². The van der Waals surface area contributed by atoms with Crippen molar-refractivity contribution >= 4 is 17.6 Å². The first-order valence-corrected chi connectivity index (χ1v) is 6.28.